The highest BCUT2D eigenvalue weighted by molar-refractivity contribution is 6.18. The van der Waals surface area contributed by atoms with Crippen LogP contribution in [0.5, 0.6) is 0 Å². The summed E-state index contributed by atoms with van der Waals surface area (Å²) in [5, 5.41) is 83.9. The molecule has 0 aromatic heterocycles. The van der Waals surface area contributed by atoms with E-state index in [-0.39, 0.29) is 12.4 Å². The Morgan fingerprint density at radius 3 is 1.81 bits per heavy atom. The fourth-order valence-electron chi connectivity index (χ4n) is 4.60. The van der Waals surface area contributed by atoms with Gasteiger partial charge in [0, 0.05) is 12.4 Å². The second-order valence-electron chi connectivity index (χ2n) is 9.19. The van der Waals surface area contributed by atoms with E-state index in [9.17, 15) is 40.9 Å². The van der Waals surface area contributed by atoms with E-state index in [0.717, 1.165) is 0 Å². The molecular formula is C20H38ClN3O13. The number of nitrogens with two attached hydrogens (primary N) is 2. The smallest absolute Gasteiger partial charge is 0.176 e. The zero-order chi connectivity index (χ0) is 27.4. The van der Waals surface area contributed by atoms with Crippen molar-refractivity contribution >= 4 is 11.6 Å². The van der Waals surface area contributed by atoms with Gasteiger partial charge in [-0.25, -0.2) is 0 Å². The predicted molar refractivity (Wildman–Crippen MR) is 122 cm³/mol. The number of nitrogens with one attached hydrogen (secondary N) is 1. The summed E-state index contributed by atoms with van der Waals surface area (Å²) >= 11 is 5.79. The standard InChI is InChI=1S/C20H38ClN3O13/c21-1-2-24-11-15(31)17(36-19-10(23)13(29)12(28)6(3-25)34-19)8(5-27)35-20(11)37-16-7(4-26)33-18(32)9(22)14(16)30/h6-20,24-32H,1-5,22-23H2/t6-,7-,8-,9-,10-,11-,12-,13-,14-,15-,16?,17?,18-,19+,20+/m1/s1. The summed E-state index contributed by atoms with van der Waals surface area (Å²) in [7, 11) is 0. The molecular weight excluding hydrogens is 526 g/mol. The zero-order valence-corrected chi connectivity index (χ0v) is 20.6. The molecule has 0 aliphatic carbocycles. The monoisotopic (exact) mass is 563 g/mol. The third-order valence-electron chi connectivity index (χ3n) is 6.76. The van der Waals surface area contributed by atoms with E-state index in [2.05, 4.69) is 5.32 Å². The van der Waals surface area contributed by atoms with Crippen molar-refractivity contribution in [3.63, 3.8) is 0 Å². The van der Waals surface area contributed by atoms with E-state index in [4.69, 9.17) is 46.8 Å². The average molecular weight is 564 g/mol. The third-order valence-corrected chi connectivity index (χ3v) is 6.95. The molecule has 0 saturated carbocycles. The first-order valence-electron chi connectivity index (χ1n) is 11.9. The number of aliphatic hydroxyl groups is 8. The van der Waals surface area contributed by atoms with Crippen molar-refractivity contribution in [3.8, 4) is 0 Å². The van der Waals surface area contributed by atoms with Gasteiger partial charge in [0.05, 0.1) is 37.9 Å². The number of aliphatic hydroxyl groups excluding tert-OH is 8. The van der Waals surface area contributed by atoms with Crippen molar-refractivity contribution in [2.75, 3.05) is 32.2 Å². The quantitative estimate of drug-likeness (QED) is 0.110. The second-order valence-corrected chi connectivity index (χ2v) is 9.56. The van der Waals surface area contributed by atoms with Crippen molar-refractivity contribution in [2.45, 2.75) is 91.9 Å². The Bertz CT molecular complexity index is 700. The molecule has 37 heavy (non-hydrogen) atoms. The molecule has 3 heterocycles. The number of alkyl halides is 1. The van der Waals surface area contributed by atoms with Gasteiger partial charge in [0.25, 0.3) is 0 Å². The highest BCUT2D eigenvalue weighted by Crippen LogP contribution is 2.31. The Kier molecular flexibility index (Phi) is 11.6. The molecule has 0 spiro atoms. The second kappa shape index (κ2) is 13.8. The van der Waals surface area contributed by atoms with Gasteiger partial charge in [0.15, 0.2) is 18.9 Å². The van der Waals surface area contributed by atoms with Crippen LogP contribution in [0.2, 0.25) is 0 Å². The van der Waals surface area contributed by atoms with Gasteiger partial charge in [-0.3, -0.25) is 0 Å². The summed E-state index contributed by atoms with van der Waals surface area (Å²) in [6.07, 6.45) is -16.6. The molecule has 3 aliphatic heterocycles. The highest BCUT2D eigenvalue weighted by Gasteiger charge is 2.53. The van der Waals surface area contributed by atoms with Crippen LogP contribution in [0.25, 0.3) is 0 Å². The van der Waals surface area contributed by atoms with Crippen LogP contribution in [0.15, 0.2) is 0 Å². The van der Waals surface area contributed by atoms with Gasteiger partial charge in [-0.2, -0.15) is 0 Å². The van der Waals surface area contributed by atoms with Crippen LogP contribution < -0.4 is 16.8 Å². The molecule has 0 radical (unpaired) electrons. The molecule has 2 unspecified atom stereocenters. The van der Waals surface area contributed by atoms with Gasteiger partial charge in [-0.15, -0.1) is 11.6 Å². The van der Waals surface area contributed by atoms with Crippen LogP contribution in [0.3, 0.4) is 0 Å². The third kappa shape index (κ3) is 6.69. The van der Waals surface area contributed by atoms with Crippen molar-refractivity contribution in [3.05, 3.63) is 0 Å². The number of ether oxygens (including phenoxy) is 5. The van der Waals surface area contributed by atoms with Crippen molar-refractivity contribution in [1.82, 2.24) is 5.32 Å². The molecule has 0 bridgehead atoms. The van der Waals surface area contributed by atoms with Crippen LogP contribution in [-0.2, 0) is 23.7 Å². The number of halogens is 1. The molecule has 218 valence electrons. The normalized spacial score (nSPS) is 49.2. The molecule has 3 aliphatic rings. The maximum Gasteiger partial charge on any atom is 0.176 e. The van der Waals surface area contributed by atoms with Crippen LogP contribution in [0, 0.1) is 0 Å². The maximum absolute atomic E-state index is 11.2. The molecule has 3 fully saturated rings. The topological polar surface area (TPSA) is 272 Å². The average Bonchev–Trinajstić information content (AvgIpc) is 2.89. The number of rotatable bonds is 10. The SMILES string of the molecule is N[C@H]1[C@H](OC2[C@@H](CO)O[C@@H](OC3[C@@H](CO)O[C@@H](O)[C@H](N)[C@H]3O)[C@H](NCCCl)[C@H]2O)O[C@H](CO)[C@@H](O)[C@@H]1O. The Labute approximate surface area is 217 Å². The molecule has 16 nitrogen and oxygen atoms in total. The molecule has 0 aromatic carbocycles. The zero-order valence-electron chi connectivity index (χ0n) is 19.8. The number of hydrogen-bond donors (Lipinski definition) is 11. The molecule has 3 rings (SSSR count). The minimum absolute atomic E-state index is 0.120. The minimum Gasteiger partial charge on any atom is -0.394 e. The highest BCUT2D eigenvalue weighted by atomic mass is 35.5. The summed E-state index contributed by atoms with van der Waals surface area (Å²) < 4.78 is 28.2. The van der Waals surface area contributed by atoms with E-state index in [0.29, 0.717) is 0 Å². The lowest BCUT2D eigenvalue weighted by Crippen LogP contribution is -2.70. The van der Waals surface area contributed by atoms with Gasteiger partial charge in [0.2, 0.25) is 0 Å². The van der Waals surface area contributed by atoms with Crippen LogP contribution >= 0.6 is 11.6 Å². The first-order valence-corrected chi connectivity index (χ1v) is 12.4. The summed E-state index contributed by atoms with van der Waals surface area (Å²) in [5.74, 6) is 0.120. The van der Waals surface area contributed by atoms with E-state index in [1.165, 1.54) is 0 Å². The summed E-state index contributed by atoms with van der Waals surface area (Å²) in [6, 6.07) is -3.64. The van der Waals surface area contributed by atoms with E-state index >= 15 is 0 Å². The van der Waals surface area contributed by atoms with Gasteiger partial charge in [0.1, 0.15) is 54.9 Å². The Balaban J connectivity index is 1.81. The van der Waals surface area contributed by atoms with Gasteiger partial charge < -0.3 is 81.3 Å². The summed E-state index contributed by atoms with van der Waals surface area (Å²) in [5.41, 5.74) is 11.7. The maximum atomic E-state index is 11.2. The first kappa shape index (κ1) is 31.2. The molecule has 0 aromatic rings. The molecule has 15 atom stereocenters. The Hall–Kier alpha value is -0.350. The largest absolute Gasteiger partial charge is 0.394 e. The molecule has 13 N–H and O–H groups in total. The molecule has 17 heteroatoms. The van der Waals surface area contributed by atoms with Crippen molar-refractivity contribution in [1.29, 1.82) is 0 Å². The lowest BCUT2D eigenvalue weighted by atomic mass is 9.94. The summed E-state index contributed by atoms with van der Waals surface area (Å²) in [4.78, 5) is 0. The van der Waals surface area contributed by atoms with E-state index < -0.39 is 112 Å². The Morgan fingerprint density at radius 2 is 1.22 bits per heavy atom. The summed E-state index contributed by atoms with van der Waals surface area (Å²) in [6.45, 7) is -1.83. The van der Waals surface area contributed by atoms with Crippen molar-refractivity contribution < 1.29 is 64.5 Å². The van der Waals surface area contributed by atoms with Gasteiger partial charge in [-0.05, 0) is 0 Å². The van der Waals surface area contributed by atoms with Crippen LogP contribution in [0.4, 0.5) is 0 Å². The van der Waals surface area contributed by atoms with E-state index in [1.807, 2.05) is 0 Å². The van der Waals surface area contributed by atoms with E-state index in [1.54, 1.807) is 0 Å². The number of hydrogen-bond acceptors (Lipinski definition) is 16. The predicted octanol–water partition coefficient (Wildman–Crippen LogP) is -6.80. The van der Waals surface area contributed by atoms with Crippen LogP contribution in [-0.4, -0.2) is 165 Å². The van der Waals surface area contributed by atoms with Gasteiger partial charge in [-0.1, -0.05) is 0 Å². The lowest BCUT2D eigenvalue weighted by molar-refractivity contribution is -0.350. The van der Waals surface area contributed by atoms with Crippen LogP contribution in [0.1, 0.15) is 0 Å². The fraction of sp³-hybridized carbons (Fsp3) is 1.00. The Morgan fingerprint density at radius 1 is 0.676 bits per heavy atom. The van der Waals surface area contributed by atoms with Gasteiger partial charge >= 0.3 is 0 Å². The molecule has 0 amide bonds. The minimum atomic E-state index is -1.56. The fourth-order valence-corrected chi connectivity index (χ4v) is 4.70. The molecule has 3 saturated heterocycles. The lowest BCUT2D eigenvalue weighted by Gasteiger charge is -2.49. The first-order chi connectivity index (χ1) is 17.6. The van der Waals surface area contributed by atoms with Crippen molar-refractivity contribution in [2.24, 2.45) is 11.5 Å².